The maximum absolute atomic E-state index is 12.9. The first kappa shape index (κ1) is 21.7. The molecule has 0 spiro atoms. The number of rotatable bonds is 7. The molecule has 5 nitrogen and oxygen atoms in total. The van der Waals surface area contributed by atoms with E-state index in [-0.39, 0.29) is 23.3 Å². The van der Waals surface area contributed by atoms with Gasteiger partial charge in [-0.1, -0.05) is 68.4 Å². The van der Waals surface area contributed by atoms with Crippen molar-refractivity contribution in [2.45, 2.75) is 38.1 Å². The molecule has 0 aliphatic carbocycles. The van der Waals surface area contributed by atoms with E-state index in [0.29, 0.717) is 11.1 Å². The van der Waals surface area contributed by atoms with Crippen molar-refractivity contribution >= 4 is 21.6 Å². The summed E-state index contributed by atoms with van der Waals surface area (Å²) in [5.41, 5.74) is 3.48. The van der Waals surface area contributed by atoms with Crippen LogP contribution in [0.25, 0.3) is 0 Å². The van der Waals surface area contributed by atoms with Crippen molar-refractivity contribution in [3.8, 4) is 0 Å². The highest BCUT2D eigenvalue weighted by Gasteiger charge is 2.19. The molecular formula is C24H26N2O3S. The van der Waals surface area contributed by atoms with E-state index in [1.165, 1.54) is 6.07 Å². The molecule has 30 heavy (non-hydrogen) atoms. The SMILES string of the molecule is Cc1ccc(C(=O)Nc2ccccc2C(C)C)cc1S(=O)(=O)NCc1ccccc1. The fourth-order valence-electron chi connectivity index (χ4n) is 3.19. The molecule has 1 amide bonds. The molecule has 0 radical (unpaired) electrons. The Morgan fingerprint density at radius 3 is 2.30 bits per heavy atom. The predicted octanol–water partition coefficient (Wildman–Crippen LogP) is 4.85. The van der Waals surface area contributed by atoms with Gasteiger partial charge in [-0.15, -0.1) is 0 Å². The number of carbonyl (C=O) groups is 1. The van der Waals surface area contributed by atoms with E-state index in [1.54, 1.807) is 19.1 Å². The lowest BCUT2D eigenvalue weighted by Gasteiger charge is -2.15. The summed E-state index contributed by atoms with van der Waals surface area (Å²) in [6.45, 7) is 6.01. The van der Waals surface area contributed by atoms with Crippen molar-refractivity contribution in [1.82, 2.24) is 4.72 Å². The smallest absolute Gasteiger partial charge is 0.255 e. The van der Waals surface area contributed by atoms with Gasteiger partial charge in [0.2, 0.25) is 10.0 Å². The zero-order valence-electron chi connectivity index (χ0n) is 17.3. The van der Waals surface area contributed by atoms with Gasteiger partial charge < -0.3 is 5.32 Å². The van der Waals surface area contributed by atoms with E-state index in [9.17, 15) is 13.2 Å². The highest BCUT2D eigenvalue weighted by atomic mass is 32.2. The van der Waals surface area contributed by atoms with Gasteiger partial charge in [-0.05, 0) is 47.7 Å². The molecule has 3 aromatic rings. The fourth-order valence-corrected chi connectivity index (χ4v) is 4.48. The van der Waals surface area contributed by atoms with Crippen LogP contribution in [-0.2, 0) is 16.6 Å². The number of nitrogens with one attached hydrogen (secondary N) is 2. The summed E-state index contributed by atoms with van der Waals surface area (Å²) < 4.78 is 28.3. The van der Waals surface area contributed by atoms with Crippen molar-refractivity contribution in [1.29, 1.82) is 0 Å². The minimum atomic E-state index is -3.77. The molecule has 0 aromatic heterocycles. The zero-order chi connectivity index (χ0) is 21.7. The standard InChI is InChI=1S/C24H26N2O3S/c1-17(2)21-11-7-8-12-22(21)26-24(27)20-14-13-18(3)23(15-20)30(28,29)25-16-19-9-5-4-6-10-19/h4-15,17,25H,16H2,1-3H3,(H,26,27). The van der Waals surface area contributed by atoms with E-state index in [1.807, 2.05) is 54.6 Å². The van der Waals surface area contributed by atoms with Crippen LogP contribution in [-0.4, -0.2) is 14.3 Å². The number of aryl methyl sites for hydroxylation is 1. The Kier molecular flexibility index (Phi) is 6.70. The van der Waals surface area contributed by atoms with Crippen LogP contribution < -0.4 is 10.0 Å². The average molecular weight is 423 g/mol. The third-order valence-corrected chi connectivity index (χ3v) is 6.42. The van der Waals surface area contributed by atoms with Crippen molar-refractivity contribution in [3.05, 3.63) is 95.1 Å². The Hall–Kier alpha value is -2.96. The molecule has 0 fully saturated rings. The van der Waals surface area contributed by atoms with Crippen molar-refractivity contribution < 1.29 is 13.2 Å². The maximum atomic E-state index is 12.9. The lowest BCUT2D eigenvalue weighted by atomic mass is 10.0. The Balaban J connectivity index is 1.83. The lowest BCUT2D eigenvalue weighted by molar-refractivity contribution is 0.102. The largest absolute Gasteiger partial charge is 0.322 e. The summed E-state index contributed by atoms with van der Waals surface area (Å²) in [4.78, 5) is 12.9. The van der Waals surface area contributed by atoms with E-state index < -0.39 is 10.0 Å². The van der Waals surface area contributed by atoms with Gasteiger partial charge in [-0.3, -0.25) is 4.79 Å². The highest BCUT2D eigenvalue weighted by molar-refractivity contribution is 7.89. The highest BCUT2D eigenvalue weighted by Crippen LogP contribution is 2.25. The third kappa shape index (κ3) is 5.14. The molecule has 0 aliphatic rings. The first-order chi connectivity index (χ1) is 14.3. The molecule has 0 unspecified atom stereocenters. The molecule has 2 N–H and O–H groups in total. The maximum Gasteiger partial charge on any atom is 0.255 e. The minimum absolute atomic E-state index is 0.100. The van der Waals surface area contributed by atoms with Crippen LogP contribution in [0.3, 0.4) is 0 Å². The van der Waals surface area contributed by atoms with Gasteiger partial charge in [-0.25, -0.2) is 13.1 Å². The lowest BCUT2D eigenvalue weighted by Crippen LogP contribution is -2.24. The number of hydrogen-bond donors (Lipinski definition) is 2. The quantitative estimate of drug-likeness (QED) is 0.572. The summed E-state index contributed by atoms with van der Waals surface area (Å²) in [5, 5.41) is 2.91. The van der Waals surface area contributed by atoms with Gasteiger partial charge >= 0.3 is 0 Å². The summed E-state index contributed by atoms with van der Waals surface area (Å²) in [6.07, 6.45) is 0. The summed E-state index contributed by atoms with van der Waals surface area (Å²) >= 11 is 0. The number of benzene rings is 3. The number of amides is 1. The number of hydrogen-bond acceptors (Lipinski definition) is 3. The van der Waals surface area contributed by atoms with E-state index in [2.05, 4.69) is 23.9 Å². The van der Waals surface area contributed by atoms with Gasteiger partial charge in [0.15, 0.2) is 0 Å². The van der Waals surface area contributed by atoms with Crippen LogP contribution in [0.15, 0.2) is 77.7 Å². The topological polar surface area (TPSA) is 75.3 Å². The molecule has 0 heterocycles. The molecular weight excluding hydrogens is 396 g/mol. The van der Waals surface area contributed by atoms with Gasteiger partial charge in [0.05, 0.1) is 4.90 Å². The van der Waals surface area contributed by atoms with Crippen molar-refractivity contribution in [2.75, 3.05) is 5.32 Å². The van der Waals surface area contributed by atoms with Crippen LogP contribution in [0.4, 0.5) is 5.69 Å². The summed E-state index contributed by atoms with van der Waals surface area (Å²) in [5.74, 6) is -0.0970. The van der Waals surface area contributed by atoms with Crippen LogP contribution >= 0.6 is 0 Å². The summed E-state index contributed by atoms with van der Waals surface area (Å²) in [6, 6.07) is 21.6. The number of anilines is 1. The molecule has 0 saturated heterocycles. The van der Waals surface area contributed by atoms with Gasteiger partial charge in [0.1, 0.15) is 0 Å². The van der Waals surface area contributed by atoms with Crippen molar-refractivity contribution in [3.63, 3.8) is 0 Å². The van der Waals surface area contributed by atoms with Crippen LogP contribution in [0, 0.1) is 6.92 Å². The molecule has 3 rings (SSSR count). The second kappa shape index (κ2) is 9.24. The monoisotopic (exact) mass is 422 g/mol. The predicted molar refractivity (Wildman–Crippen MR) is 120 cm³/mol. The molecule has 0 aliphatic heterocycles. The second-order valence-corrected chi connectivity index (χ2v) is 9.22. The van der Waals surface area contributed by atoms with Gasteiger partial charge in [0, 0.05) is 17.8 Å². The molecule has 0 atom stereocenters. The van der Waals surface area contributed by atoms with Crippen molar-refractivity contribution in [2.24, 2.45) is 0 Å². The third-order valence-electron chi connectivity index (χ3n) is 4.88. The van der Waals surface area contributed by atoms with Crippen LogP contribution in [0.2, 0.25) is 0 Å². The van der Waals surface area contributed by atoms with Crippen LogP contribution in [0.5, 0.6) is 0 Å². The first-order valence-corrected chi connectivity index (χ1v) is 11.3. The first-order valence-electron chi connectivity index (χ1n) is 9.82. The van der Waals surface area contributed by atoms with E-state index in [0.717, 1.165) is 16.8 Å². The van der Waals surface area contributed by atoms with Gasteiger partial charge in [-0.2, -0.15) is 0 Å². The fraction of sp³-hybridized carbons (Fsp3) is 0.208. The molecule has 3 aromatic carbocycles. The number of para-hydroxylation sites is 1. The van der Waals surface area contributed by atoms with Crippen LogP contribution in [0.1, 0.15) is 46.8 Å². The average Bonchev–Trinajstić information content (AvgIpc) is 2.73. The zero-order valence-corrected chi connectivity index (χ0v) is 18.2. The second-order valence-electron chi connectivity index (χ2n) is 7.49. The summed E-state index contributed by atoms with van der Waals surface area (Å²) in [7, 11) is -3.77. The van der Waals surface area contributed by atoms with E-state index >= 15 is 0 Å². The Morgan fingerprint density at radius 1 is 0.933 bits per heavy atom. The Bertz CT molecular complexity index is 1140. The molecule has 0 saturated carbocycles. The molecule has 6 heteroatoms. The molecule has 0 bridgehead atoms. The Labute approximate surface area is 178 Å². The minimum Gasteiger partial charge on any atom is -0.322 e. The van der Waals surface area contributed by atoms with Gasteiger partial charge in [0.25, 0.3) is 5.91 Å². The Morgan fingerprint density at radius 2 is 1.60 bits per heavy atom. The number of sulfonamides is 1. The number of carbonyl (C=O) groups excluding carboxylic acids is 1. The normalized spacial score (nSPS) is 11.5. The molecule has 156 valence electrons. The van der Waals surface area contributed by atoms with E-state index in [4.69, 9.17) is 0 Å².